The Labute approximate surface area is 181 Å². The maximum absolute atomic E-state index is 13.0. The lowest BCUT2D eigenvalue weighted by Gasteiger charge is -2.22. The van der Waals surface area contributed by atoms with Gasteiger partial charge in [0.15, 0.2) is 11.5 Å². The first-order chi connectivity index (χ1) is 15.3. The summed E-state index contributed by atoms with van der Waals surface area (Å²) in [5.41, 5.74) is -0.444. The predicted octanol–water partition coefficient (Wildman–Crippen LogP) is 3.37. The third kappa shape index (κ3) is 4.36. The van der Waals surface area contributed by atoms with Crippen LogP contribution < -0.4 is 24.4 Å². The van der Waals surface area contributed by atoms with Gasteiger partial charge in [-0.2, -0.15) is 13.2 Å². The zero-order chi connectivity index (χ0) is 22.9. The molecule has 1 saturated heterocycles. The first kappa shape index (κ1) is 21.6. The topological polar surface area (TPSA) is 80.3 Å². The molecule has 0 saturated carbocycles. The number of amides is 3. The van der Waals surface area contributed by atoms with Crippen molar-refractivity contribution in [2.24, 2.45) is 0 Å². The van der Waals surface area contributed by atoms with Crippen LogP contribution >= 0.6 is 0 Å². The second-order valence-corrected chi connectivity index (χ2v) is 7.14. The number of nitrogens with one attached hydrogen (secondary N) is 1. The smallest absolute Gasteiger partial charge is 0.416 e. The number of nitrogens with zero attached hydrogens (tertiary/aromatic N) is 2. The van der Waals surface area contributed by atoms with E-state index < -0.39 is 23.7 Å². The van der Waals surface area contributed by atoms with Crippen LogP contribution in [-0.4, -0.2) is 56.8 Å². The number of carbonyl (C=O) groups excluding carboxylic acids is 2. The standard InChI is InChI=1S/C21H20F3N3O5/c1-30-16-4-2-13(21(22,23)24)10-15(16)25-19(28)12-26-6-7-27(20(26)29)14-3-5-17-18(11-14)32-9-8-31-17/h2-5,10-11H,6-9,12H2,1H3,(H,25,28). The molecule has 0 radical (unpaired) electrons. The molecule has 1 fully saturated rings. The number of hydrogen-bond acceptors (Lipinski definition) is 5. The normalized spacial score (nSPS) is 15.7. The molecular formula is C21H20F3N3O5. The summed E-state index contributed by atoms with van der Waals surface area (Å²) in [4.78, 5) is 28.1. The van der Waals surface area contributed by atoms with Crippen molar-refractivity contribution >= 4 is 23.3 Å². The molecule has 0 atom stereocenters. The minimum atomic E-state index is -4.57. The summed E-state index contributed by atoms with van der Waals surface area (Å²) in [6.07, 6.45) is -4.57. The van der Waals surface area contributed by atoms with Crippen LogP contribution in [0.2, 0.25) is 0 Å². The molecule has 11 heteroatoms. The molecule has 32 heavy (non-hydrogen) atoms. The fourth-order valence-corrected chi connectivity index (χ4v) is 3.51. The first-order valence-corrected chi connectivity index (χ1v) is 9.77. The van der Waals surface area contributed by atoms with E-state index in [1.54, 1.807) is 18.2 Å². The van der Waals surface area contributed by atoms with Crippen LogP contribution in [0.4, 0.5) is 29.3 Å². The Hall–Kier alpha value is -3.63. The number of rotatable bonds is 5. The Morgan fingerprint density at radius 1 is 1.09 bits per heavy atom. The van der Waals surface area contributed by atoms with E-state index >= 15 is 0 Å². The number of fused-ring (bicyclic) bond motifs is 1. The Morgan fingerprint density at radius 2 is 1.84 bits per heavy atom. The van der Waals surface area contributed by atoms with Crippen molar-refractivity contribution in [1.82, 2.24) is 4.90 Å². The SMILES string of the molecule is COc1ccc(C(F)(F)F)cc1NC(=O)CN1CCN(c2ccc3c(c2)OCCO3)C1=O. The summed E-state index contributed by atoms with van der Waals surface area (Å²) in [5.74, 6) is 0.573. The summed E-state index contributed by atoms with van der Waals surface area (Å²) in [6.45, 7) is 1.17. The Balaban J connectivity index is 1.43. The molecule has 2 aliphatic rings. The number of carbonyl (C=O) groups is 2. The fourth-order valence-electron chi connectivity index (χ4n) is 3.51. The lowest BCUT2D eigenvalue weighted by molar-refractivity contribution is -0.137. The minimum absolute atomic E-state index is 0.0806. The number of halogens is 3. The maximum atomic E-state index is 13.0. The zero-order valence-electron chi connectivity index (χ0n) is 17.1. The van der Waals surface area contributed by atoms with Gasteiger partial charge in [0.25, 0.3) is 0 Å². The molecule has 2 heterocycles. The molecule has 2 aromatic carbocycles. The number of anilines is 2. The van der Waals surface area contributed by atoms with E-state index in [9.17, 15) is 22.8 Å². The predicted molar refractivity (Wildman–Crippen MR) is 108 cm³/mol. The summed E-state index contributed by atoms with van der Waals surface area (Å²) in [6, 6.07) is 7.53. The van der Waals surface area contributed by atoms with Crippen LogP contribution in [0.1, 0.15) is 5.56 Å². The average molecular weight is 451 g/mol. The van der Waals surface area contributed by atoms with E-state index in [1.807, 2.05) is 0 Å². The van der Waals surface area contributed by atoms with Gasteiger partial charge in [-0.1, -0.05) is 0 Å². The monoisotopic (exact) mass is 451 g/mol. The molecule has 0 aromatic heterocycles. The van der Waals surface area contributed by atoms with E-state index in [-0.39, 0.29) is 24.5 Å². The fraction of sp³-hybridized carbons (Fsp3) is 0.333. The number of urea groups is 1. The highest BCUT2D eigenvalue weighted by atomic mass is 19.4. The lowest BCUT2D eigenvalue weighted by atomic mass is 10.1. The van der Waals surface area contributed by atoms with Gasteiger partial charge in [-0.25, -0.2) is 4.79 Å². The van der Waals surface area contributed by atoms with Gasteiger partial charge in [-0.3, -0.25) is 9.69 Å². The number of methoxy groups -OCH3 is 1. The molecule has 0 bridgehead atoms. The summed E-state index contributed by atoms with van der Waals surface area (Å²) >= 11 is 0. The van der Waals surface area contributed by atoms with Gasteiger partial charge < -0.3 is 24.4 Å². The highest BCUT2D eigenvalue weighted by Crippen LogP contribution is 2.36. The zero-order valence-corrected chi connectivity index (χ0v) is 17.1. The van der Waals surface area contributed by atoms with Gasteiger partial charge in [0.2, 0.25) is 5.91 Å². The molecule has 3 amide bonds. The molecule has 0 unspecified atom stereocenters. The van der Waals surface area contributed by atoms with E-state index in [0.717, 1.165) is 18.2 Å². The van der Waals surface area contributed by atoms with Crippen molar-refractivity contribution in [3.8, 4) is 17.2 Å². The number of ether oxygens (including phenoxy) is 3. The van der Waals surface area contributed by atoms with Crippen molar-refractivity contribution in [2.45, 2.75) is 6.18 Å². The molecule has 2 aromatic rings. The second kappa shape index (κ2) is 8.48. The molecule has 2 aliphatic heterocycles. The van der Waals surface area contributed by atoms with Crippen molar-refractivity contribution in [1.29, 1.82) is 0 Å². The molecule has 8 nitrogen and oxygen atoms in total. The Kier molecular flexibility index (Phi) is 5.72. The van der Waals surface area contributed by atoms with E-state index in [1.165, 1.54) is 16.9 Å². The summed E-state index contributed by atoms with van der Waals surface area (Å²) in [5, 5.41) is 2.40. The van der Waals surface area contributed by atoms with Crippen molar-refractivity contribution in [3.05, 3.63) is 42.0 Å². The van der Waals surface area contributed by atoms with Crippen molar-refractivity contribution < 1.29 is 37.0 Å². The second-order valence-electron chi connectivity index (χ2n) is 7.14. The van der Waals surface area contributed by atoms with Crippen LogP contribution in [-0.2, 0) is 11.0 Å². The van der Waals surface area contributed by atoms with E-state index in [4.69, 9.17) is 14.2 Å². The number of hydrogen-bond donors (Lipinski definition) is 1. The molecule has 4 rings (SSSR count). The van der Waals surface area contributed by atoms with Crippen LogP contribution in [0.5, 0.6) is 17.2 Å². The highest BCUT2D eigenvalue weighted by Gasteiger charge is 2.33. The van der Waals surface area contributed by atoms with Crippen molar-refractivity contribution in [2.75, 3.05) is 50.2 Å². The van der Waals surface area contributed by atoms with Crippen LogP contribution in [0.3, 0.4) is 0 Å². The van der Waals surface area contributed by atoms with Gasteiger partial charge in [0, 0.05) is 24.8 Å². The molecule has 0 aliphatic carbocycles. The first-order valence-electron chi connectivity index (χ1n) is 9.77. The van der Waals surface area contributed by atoms with Gasteiger partial charge >= 0.3 is 12.2 Å². The van der Waals surface area contributed by atoms with Crippen LogP contribution in [0.15, 0.2) is 36.4 Å². The van der Waals surface area contributed by atoms with Crippen molar-refractivity contribution in [3.63, 3.8) is 0 Å². The van der Waals surface area contributed by atoms with Gasteiger partial charge in [-0.15, -0.1) is 0 Å². The number of benzene rings is 2. The van der Waals surface area contributed by atoms with Gasteiger partial charge in [0.05, 0.1) is 18.4 Å². The summed E-state index contributed by atoms with van der Waals surface area (Å²) in [7, 11) is 1.29. The van der Waals surface area contributed by atoms with Gasteiger partial charge in [-0.05, 0) is 30.3 Å². The largest absolute Gasteiger partial charge is 0.495 e. The third-order valence-corrected chi connectivity index (χ3v) is 5.07. The molecule has 170 valence electrons. The van der Waals surface area contributed by atoms with E-state index in [0.29, 0.717) is 36.9 Å². The average Bonchev–Trinajstić information content (AvgIpc) is 3.12. The Bertz CT molecular complexity index is 1040. The van der Waals surface area contributed by atoms with Crippen LogP contribution in [0, 0.1) is 0 Å². The third-order valence-electron chi connectivity index (χ3n) is 5.07. The summed E-state index contributed by atoms with van der Waals surface area (Å²) < 4.78 is 55.0. The molecule has 0 spiro atoms. The molecule has 1 N–H and O–H groups in total. The maximum Gasteiger partial charge on any atom is 0.416 e. The van der Waals surface area contributed by atoms with E-state index in [2.05, 4.69) is 5.32 Å². The Morgan fingerprint density at radius 3 is 2.56 bits per heavy atom. The lowest BCUT2D eigenvalue weighted by Crippen LogP contribution is -2.37. The number of alkyl halides is 3. The highest BCUT2D eigenvalue weighted by molar-refractivity contribution is 6.00. The quantitative estimate of drug-likeness (QED) is 0.754. The molecular weight excluding hydrogens is 431 g/mol. The minimum Gasteiger partial charge on any atom is -0.495 e. The van der Waals surface area contributed by atoms with Gasteiger partial charge in [0.1, 0.15) is 25.5 Å². The van der Waals surface area contributed by atoms with Crippen LogP contribution in [0.25, 0.3) is 0 Å².